The van der Waals surface area contributed by atoms with E-state index in [9.17, 15) is 0 Å². The maximum atomic E-state index is 6.11. The molecular formula is C10H11ClIN. The molecule has 0 bridgehead atoms. The number of hydrogen-bond donors (Lipinski definition) is 0. The highest BCUT2D eigenvalue weighted by Gasteiger charge is 2.24. The summed E-state index contributed by atoms with van der Waals surface area (Å²) >= 11 is 8.42. The van der Waals surface area contributed by atoms with Crippen LogP contribution in [0.3, 0.4) is 0 Å². The quantitative estimate of drug-likeness (QED) is 0.719. The van der Waals surface area contributed by atoms with Crippen LogP contribution in [0.5, 0.6) is 0 Å². The Morgan fingerprint density at radius 2 is 2.15 bits per heavy atom. The number of nitrogens with zero attached hydrogens (tertiary/aromatic N) is 1. The van der Waals surface area contributed by atoms with E-state index in [0.717, 1.165) is 24.0 Å². The third-order valence-corrected chi connectivity index (χ3v) is 3.30. The van der Waals surface area contributed by atoms with E-state index in [4.69, 9.17) is 11.6 Å². The van der Waals surface area contributed by atoms with Crippen molar-refractivity contribution in [2.24, 2.45) is 5.92 Å². The van der Waals surface area contributed by atoms with Crippen LogP contribution >= 0.6 is 34.2 Å². The van der Waals surface area contributed by atoms with Crippen LogP contribution in [-0.4, -0.2) is 13.1 Å². The summed E-state index contributed by atoms with van der Waals surface area (Å²) in [7, 11) is 0. The van der Waals surface area contributed by atoms with Crippen molar-refractivity contribution in [3.63, 3.8) is 0 Å². The fourth-order valence-electron chi connectivity index (χ4n) is 1.62. The summed E-state index contributed by atoms with van der Waals surface area (Å²) in [5, 5.41) is 0.868. The third-order valence-electron chi connectivity index (χ3n) is 2.31. The van der Waals surface area contributed by atoms with Crippen LogP contribution in [0.15, 0.2) is 18.2 Å². The minimum atomic E-state index is 0.814. The average Bonchev–Trinajstić information content (AvgIpc) is 2.04. The van der Waals surface area contributed by atoms with Crippen LogP contribution in [0, 0.1) is 9.49 Å². The van der Waals surface area contributed by atoms with Crippen LogP contribution < -0.4 is 4.90 Å². The molecule has 0 aliphatic carbocycles. The Bertz CT molecular complexity index is 321. The minimum Gasteiger partial charge on any atom is -0.370 e. The number of benzene rings is 1. The Labute approximate surface area is 97.2 Å². The van der Waals surface area contributed by atoms with Gasteiger partial charge in [0, 0.05) is 16.7 Å². The van der Waals surface area contributed by atoms with Gasteiger partial charge in [-0.2, -0.15) is 0 Å². The van der Waals surface area contributed by atoms with Gasteiger partial charge in [0.05, 0.1) is 10.7 Å². The summed E-state index contributed by atoms with van der Waals surface area (Å²) in [5.74, 6) is 0.814. The third kappa shape index (κ3) is 1.94. The van der Waals surface area contributed by atoms with Gasteiger partial charge in [-0.25, -0.2) is 0 Å². The van der Waals surface area contributed by atoms with Crippen LogP contribution in [0.1, 0.15) is 6.92 Å². The van der Waals surface area contributed by atoms with Crippen molar-refractivity contribution in [3.05, 3.63) is 26.8 Å². The van der Waals surface area contributed by atoms with Crippen molar-refractivity contribution in [2.75, 3.05) is 18.0 Å². The first-order valence-corrected chi connectivity index (χ1v) is 5.82. The van der Waals surface area contributed by atoms with Crippen LogP contribution in [0.25, 0.3) is 0 Å². The second kappa shape index (κ2) is 3.65. The molecule has 1 nitrogen and oxygen atoms in total. The van der Waals surface area contributed by atoms with Crippen molar-refractivity contribution in [2.45, 2.75) is 6.92 Å². The largest absolute Gasteiger partial charge is 0.370 e. The van der Waals surface area contributed by atoms with Gasteiger partial charge in [0.15, 0.2) is 0 Å². The molecule has 1 fully saturated rings. The summed E-state index contributed by atoms with van der Waals surface area (Å²) in [6, 6.07) is 6.16. The Morgan fingerprint density at radius 1 is 1.46 bits per heavy atom. The molecule has 0 saturated carbocycles. The molecule has 1 aliphatic rings. The lowest BCUT2D eigenvalue weighted by atomic mass is 10.0. The molecule has 2 rings (SSSR count). The van der Waals surface area contributed by atoms with Gasteiger partial charge < -0.3 is 4.90 Å². The van der Waals surface area contributed by atoms with E-state index in [1.165, 1.54) is 9.26 Å². The Hall–Kier alpha value is 0.0400. The summed E-state index contributed by atoms with van der Waals surface area (Å²) in [6.45, 7) is 4.54. The molecule has 1 aromatic carbocycles. The molecule has 0 amide bonds. The summed E-state index contributed by atoms with van der Waals surface area (Å²) in [5.41, 5.74) is 1.19. The molecule has 0 spiro atoms. The minimum absolute atomic E-state index is 0.814. The fourth-order valence-corrected chi connectivity index (χ4v) is 2.34. The second-order valence-corrected chi connectivity index (χ2v) is 5.26. The molecule has 0 atom stereocenters. The maximum absolute atomic E-state index is 6.11. The van der Waals surface area contributed by atoms with E-state index < -0.39 is 0 Å². The van der Waals surface area contributed by atoms with Gasteiger partial charge in [0.25, 0.3) is 0 Å². The normalized spacial score (nSPS) is 17.3. The molecule has 0 radical (unpaired) electrons. The first-order valence-electron chi connectivity index (χ1n) is 4.37. The highest BCUT2D eigenvalue weighted by atomic mass is 127. The van der Waals surface area contributed by atoms with Crippen molar-refractivity contribution in [3.8, 4) is 0 Å². The van der Waals surface area contributed by atoms with Crippen molar-refractivity contribution in [1.29, 1.82) is 0 Å². The van der Waals surface area contributed by atoms with E-state index in [1.807, 2.05) is 12.1 Å². The molecule has 1 saturated heterocycles. The predicted octanol–water partition coefficient (Wildman–Crippen LogP) is 3.40. The second-order valence-electron chi connectivity index (χ2n) is 3.61. The number of hydrogen-bond acceptors (Lipinski definition) is 1. The smallest absolute Gasteiger partial charge is 0.0640 e. The van der Waals surface area contributed by atoms with Crippen LogP contribution in [0.2, 0.25) is 5.02 Å². The summed E-state index contributed by atoms with van der Waals surface area (Å²) in [4.78, 5) is 2.33. The Balaban J connectivity index is 2.24. The standard InChI is InChI=1S/C10H11ClIN/c1-7-5-13(6-7)10-4-8(12)2-3-9(10)11/h2-4,7H,5-6H2,1H3. The van der Waals surface area contributed by atoms with E-state index in [-0.39, 0.29) is 0 Å². The lowest BCUT2D eigenvalue weighted by molar-refractivity contribution is 0.447. The van der Waals surface area contributed by atoms with E-state index >= 15 is 0 Å². The van der Waals surface area contributed by atoms with Gasteiger partial charge >= 0.3 is 0 Å². The van der Waals surface area contributed by atoms with Gasteiger partial charge in [-0.05, 0) is 46.7 Å². The number of halogens is 2. The van der Waals surface area contributed by atoms with Crippen molar-refractivity contribution < 1.29 is 0 Å². The molecule has 13 heavy (non-hydrogen) atoms. The molecule has 0 unspecified atom stereocenters. The first-order chi connectivity index (χ1) is 6.16. The predicted molar refractivity (Wildman–Crippen MR) is 65.5 cm³/mol. The lowest BCUT2D eigenvalue weighted by Crippen LogP contribution is -2.45. The zero-order valence-electron chi connectivity index (χ0n) is 7.43. The SMILES string of the molecule is CC1CN(c2cc(I)ccc2Cl)C1. The van der Waals surface area contributed by atoms with Gasteiger partial charge in [0.2, 0.25) is 0 Å². The van der Waals surface area contributed by atoms with Crippen LogP contribution in [-0.2, 0) is 0 Å². The molecule has 1 heterocycles. The molecule has 0 aromatic heterocycles. The van der Waals surface area contributed by atoms with Crippen LogP contribution in [0.4, 0.5) is 5.69 Å². The average molecular weight is 308 g/mol. The molecule has 1 aromatic rings. The Morgan fingerprint density at radius 3 is 2.77 bits per heavy atom. The maximum Gasteiger partial charge on any atom is 0.0640 e. The molecule has 70 valence electrons. The zero-order valence-corrected chi connectivity index (χ0v) is 10.3. The van der Waals surface area contributed by atoms with Crippen molar-refractivity contribution >= 4 is 39.9 Å². The number of anilines is 1. The molecule has 1 aliphatic heterocycles. The van der Waals surface area contributed by atoms with E-state index in [1.54, 1.807) is 0 Å². The van der Waals surface area contributed by atoms with Gasteiger partial charge in [-0.1, -0.05) is 18.5 Å². The highest BCUT2D eigenvalue weighted by Crippen LogP contribution is 2.32. The van der Waals surface area contributed by atoms with Gasteiger partial charge in [0.1, 0.15) is 0 Å². The molecule has 0 N–H and O–H groups in total. The van der Waals surface area contributed by atoms with E-state index in [2.05, 4.69) is 40.5 Å². The molecule has 3 heteroatoms. The fraction of sp³-hybridized carbons (Fsp3) is 0.400. The monoisotopic (exact) mass is 307 g/mol. The highest BCUT2D eigenvalue weighted by molar-refractivity contribution is 14.1. The topological polar surface area (TPSA) is 3.24 Å². The first kappa shape index (κ1) is 9.59. The Kier molecular flexibility index (Phi) is 2.70. The molecular weight excluding hydrogens is 296 g/mol. The number of rotatable bonds is 1. The zero-order chi connectivity index (χ0) is 9.42. The summed E-state index contributed by atoms with van der Waals surface area (Å²) < 4.78 is 1.25. The van der Waals surface area contributed by atoms with E-state index in [0.29, 0.717) is 0 Å². The van der Waals surface area contributed by atoms with Crippen molar-refractivity contribution in [1.82, 2.24) is 0 Å². The van der Waals surface area contributed by atoms with Gasteiger partial charge in [-0.15, -0.1) is 0 Å². The lowest BCUT2D eigenvalue weighted by Gasteiger charge is -2.39. The summed E-state index contributed by atoms with van der Waals surface area (Å²) in [6.07, 6.45) is 0. The van der Waals surface area contributed by atoms with Gasteiger partial charge in [-0.3, -0.25) is 0 Å².